The molecule has 1 fully saturated rings. The normalized spacial score (nSPS) is 23.0. The average molecular weight is 315 g/mol. The minimum absolute atomic E-state index is 0.116. The van der Waals surface area contributed by atoms with Gasteiger partial charge in [0.05, 0.1) is 19.1 Å². The Morgan fingerprint density at radius 2 is 2.24 bits per heavy atom. The molecule has 4 N–H and O–H groups in total. The van der Waals surface area contributed by atoms with E-state index in [4.69, 9.17) is 25.0 Å². The number of nitrogens with two attached hydrogens (primary N) is 1. The maximum absolute atomic E-state index is 10.8. The van der Waals surface area contributed by atoms with Crippen LogP contribution in [-0.4, -0.2) is 48.4 Å². The van der Waals surface area contributed by atoms with E-state index in [1.54, 1.807) is 4.57 Å². The van der Waals surface area contributed by atoms with Crippen LogP contribution in [0.4, 0.5) is 5.82 Å². The first-order valence-corrected chi connectivity index (χ1v) is 7.98. The highest BCUT2D eigenvalue weighted by molar-refractivity contribution is 7.51. The van der Waals surface area contributed by atoms with Gasteiger partial charge in [-0.1, -0.05) is 0 Å². The van der Waals surface area contributed by atoms with Crippen LogP contribution in [0.1, 0.15) is 12.6 Å². The van der Waals surface area contributed by atoms with Crippen LogP contribution in [0, 0.1) is 0 Å². The summed E-state index contributed by atoms with van der Waals surface area (Å²) in [6.45, 7) is 0.237. The summed E-state index contributed by atoms with van der Waals surface area (Å²) in [5.74, 6) is 0.274. The molecule has 11 heteroatoms. The Morgan fingerprint density at radius 1 is 1.43 bits per heavy atom. The summed E-state index contributed by atoms with van der Waals surface area (Å²) in [6, 6.07) is 0. The van der Waals surface area contributed by atoms with E-state index in [0.717, 1.165) is 0 Å². The van der Waals surface area contributed by atoms with Crippen molar-refractivity contribution in [3.05, 3.63) is 12.7 Å². The second-order valence-electron chi connectivity index (χ2n) is 4.61. The Bertz CT molecular complexity index is 700. The van der Waals surface area contributed by atoms with Crippen molar-refractivity contribution in [3.8, 4) is 0 Å². The minimum Gasteiger partial charge on any atom is -0.382 e. The van der Waals surface area contributed by atoms with E-state index in [2.05, 4.69) is 15.0 Å². The van der Waals surface area contributed by atoms with E-state index < -0.39 is 20.1 Å². The third-order valence-corrected chi connectivity index (χ3v) is 3.93. The molecule has 1 aliphatic heterocycles. The lowest BCUT2D eigenvalue weighted by Crippen LogP contribution is -2.13. The largest absolute Gasteiger partial charge is 0.382 e. The van der Waals surface area contributed by atoms with Gasteiger partial charge in [-0.3, -0.25) is 9.13 Å². The number of hydrogen-bond donors (Lipinski definition) is 3. The molecule has 2 aromatic heterocycles. The van der Waals surface area contributed by atoms with Crippen LogP contribution in [-0.2, 0) is 14.0 Å². The van der Waals surface area contributed by atoms with E-state index in [0.29, 0.717) is 11.2 Å². The maximum atomic E-state index is 10.8. The highest BCUT2D eigenvalue weighted by Crippen LogP contribution is 2.37. The van der Waals surface area contributed by atoms with Crippen LogP contribution in [0.15, 0.2) is 12.7 Å². The predicted octanol–water partition coefficient (Wildman–Crippen LogP) is -0.152. The van der Waals surface area contributed by atoms with Crippen LogP contribution in [0.25, 0.3) is 11.2 Å². The van der Waals surface area contributed by atoms with Gasteiger partial charge in [0.2, 0.25) is 0 Å². The second-order valence-corrected chi connectivity index (χ2v) is 6.39. The van der Waals surface area contributed by atoms with Gasteiger partial charge in [0.1, 0.15) is 11.8 Å². The summed E-state index contributed by atoms with van der Waals surface area (Å²) in [7, 11) is -4.06. The van der Waals surface area contributed by atoms with Crippen LogP contribution in [0.2, 0.25) is 0 Å². The monoisotopic (exact) mass is 315 g/mol. The van der Waals surface area contributed by atoms with Crippen molar-refractivity contribution in [2.24, 2.45) is 0 Å². The summed E-state index contributed by atoms with van der Waals surface area (Å²) in [6.07, 6.45) is 1.55. The average Bonchev–Trinajstić information content (AvgIpc) is 3.02. The third-order valence-electron chi connectivity index (χ3n) is 3.09. The molecule has 0 radical (unpaired) electrons. The highest BCUT2D eigenvalue weighted by atomic mass is 31.2. The first-order chi connectivity index (χ1) is 9.94. The summed E-state index contributed by atoms with van der Waals surface area (Å²) in [5, 5.41) is 0. The lowest BCUT2D eigenvalue weighted by atomic mass is 10.5. The van der Waals surface area contributed by atoms with Crippen molar-refractivity contribution in [1.29, 1.82) is 0 Å². The second kappa shape index (κ2) is 5.32. The topological polar surface area (TPSA) is 146 Å². The molecule has 0 unspecified atom stereocenters. The van der Waals surface area contributed by atoms with Gasteiger partial charge in [-0.2, -0.15) is 0 Å². The molecular formula is C10H14N5O5P. The standard InChI is InChI=1S/C10H14N5O5P/c11-9-8-10(13-4-12-9)15(5-14-8)6-3-19-7(20-6)1-2-21(16,17)18/h4-7H,1-3H2,(H2,11,12,13)(H2,16,17,18)/t6-,7-/m1/s1. The molecule has 3 rings (SSSR count). The Labute approximate surface area is 119 Å². The van der Waals surface area contributed by atoms with Gasteiger partial charge in [-0.25, -0.2) is 15.0 Å². The van der Waals surface area contributed by atoms with Crippen molar-refractivity contribution in [2.75, 3.05) is 18.5 Å². The molecule has 0 amide bonds. The zero-order chi connectivity index (χ0) is 15.0. The van der Waals surface area contributed by atoms with E-state index in [1.165, 1.54) is 12.7 Å². The van der Waals surface area contributed by atoms with Gasteiger partial charge >= 0.3 is 7.60 Å². The Hall–Kier alpha value is -1.58. The molecule has 1 saturated heterocycles. The van der Waals surface area contributed by atoms with Gasteiger partial charge in [0, 0.05) is 6.42 Å². The van der Waals surface area contributed by atoms with Crippen LogP contribution in [0.5, 0.6) is 0 Å². The van der Waals surface area contributed by atoms with Gasteiger partial charge in [0.15, 0.2) is 24.0 Å². The van der Waals surface area contributed by atoms with E-state index in [1.807, 2.05) is 0 Å². The number of imidazole rings is 1. The molecule has 0 aromatic carbocycles. The van der Waals surface area contributed by atoms with Crippen molar-refractivity contribution in [1.82, 2.24) is 19.5 Å². The lowest BCUT2D eigenvalue weighted by molar-refractivity contribution is -0.0715. The highest BCUT2D eigenvalue weighted by Gasteiger charge is 2.30. The first kappa shape index (κ1) is 14.4. The van der Waals surface area contributed by atoms with Crippen molar-refractivity contribution in [2.45, 2.75) is 18.9 Å². The third kappa shape index (κ3) is 3.04. The molecule has 10 nitrogen and oxygen atoms in total. The summed E-state index contributed by atoms with van der Waals surface area (Å²) >= 11 is 0. The van der Waals surface area contributed by atoms with Crippen LogP contribution in [0.3, 0.4) is 0 Å². The van der Waals surface area contributed by atoms with E-state index >= 15 is 0 Å². The zero-order valence-electron chi connectivity index (χ0n) is 10.9. The smallest absolute Gasteiger partial charge is 0.325 e. The summed E-state index contributed by atoms with van der Waals surface area (Å²) < 4.78 is 23.5. The summed E-state index contributed by atoms with van der Waals surface area (Å²) in [4.78, 5) is 29.8. The van der Waals surface area contributed by atoms with Gasteiger partial charge in [0.25, 0.3) is 0 Å². The fraction of sp³-hybridized carbons (Fsp3) is 0.500. The SMILES string of the molecule is Nc1ncnc2c1ncn2[C@H]1CO[C@@H](CCP(=O)(O)O)O1. The van der Waals surface area contributed by atoms with E-state index in [9.17, 15) is 4.57 Å². The molecule has 3 heterocycles. The van der Waals surface area contributed by atoms with Crippen LogP contribution >= 0.6 is 7.60 Å². The molecule has 0 bridgehead atoms. The summed E-state index contributed by atoms with van der Waals surface area (Å²) in [5.41, 5.74) is 6.70. The number of aromatic nitrogens is 4. The Kier molecular flexibility index (Phi) is 3.64. The van der Waals surface area contributed by atoms with Crippen molar-refractivity contribution in [3.63, 3.8) is 0 Å². The molecule has 21 heavy (non-hydrogen) atoms. The number of nitrogen functional groups attached to an aromatic ring is 1. The number of anilines is 1. The molecule has 1 aliphatic rings. The lowest BCUT2D eigenvalue weighted by Gasteiger charge is -2.13. The first-order valence-electron chi connectivity index (χ1n) is 6.19. The molecule has 114 valence electrons. The van der Waals surface area contributed by atoms with Crippen molar-refractivity contribution >= 4 is 24.6 Å². The quantitative estimate of drug-likeness (QED) is 0.655. The minimum atomic E-state index is -4.06. The number of fused-ring (bicyclic) bond motifs is 1. The van der Waals surface area contributed by atoms with Crippen LogP contribution < -0.4 is 5.73 Å². The number of ether oxygens (including phenoxy) is 2. The Balaban J connectivity index is 1.73. The molecule has 2 aromatic rings. The molecule has 2 atom stereocenters. The van der Waals surface area contributed by atoms with Gasteiger partial charge < -0.3 is 25.0 Å². The predicted molar refractivity (Wildman–Crippen MR) is 71.1 cm³/mol. The van der Waals surface area contributed by atoms with Gasteiger partial charge in [-0.15, -0.1) is 0 Å². The maximum Gasteiger partial charge on any atom is 0.325 e. The van der Waals surface area contributed by atoms with Crippen molar-refractivity contribution < 1.29 is 23.8 Å². The molecule has 0 spiro atoms. The number of nitrogens with zero attached hydrogens (tertiary/aromatic N) is 4. The van der Waals surface area contributed by atoms with E-state index in [-0.39, 0.29) is 25.0 Å². The fourth-order valence-corrected chi connectivity index (χ4v) is 2.64. The molecule has 0 aliphatic carbocycles. The molecule has 0 saturated carbocycles. The van der Waals surface area contributed by atoms with Gasteiger partial charge in [-0.05, 0) is 0 Å². The molecular weight excluding hydrogens is 301 g/mol. The fourth-order valence-electron chi connectivity index (χ4n) is 2.10. The number of rotatable bonds is 4. The Morgan fingerprint density at radius 3 is 3.00 bits per heavy atom. The zero-order valence-corrected chi connectivity index (χ0v) is 11.8. The number of hydrogen-bond acceptors (Lipinski definition) is 7.